The van der Waals surface area contributed by atoms with Gasteiger partial charge in [0.2, 0.25) is 0 Å². The molecule has 2 atom stereocenters. The predicted molar refractivity (Wildman–Crippen MR) is 83.9 cm³/mol. The summed E-state index contributed by atoms with van der Waals surface area (Å²) in [5, 5.41) is 6.28. The lowest BCUT2D eigenvalue weighted by molar-refractivity contribution is 0.0540. The summed E-state index contributed by atoms with van der Waals surface area (Å²) < 4.78 is 5.54. The van der Waals surface area contributed by atoms with Gasteiger partial charge in [0.15, 0.2) is 0 Å². The molecule has 1 aliphatic rings. The number of hydrogen-bond acceptors (Lipinski definition) is 2. The van der Waals surface area contributed by atoms with Crippen LogP contribution in [0, 0.1) is 5.92 Å². The highest BCUT2D eigenvalue weighted by molar-refractivity contribution is 5.83. The monoisotopic (exact) mass is 269 g/mol. The van der Waals surface area contributed by atoms with E-state index in [0.717, 1.165) is 19.8 Å². The molecule has 2 nitrogen and oxygen atoms in total. The summed E-state index contributed by atoms with van der Waals surface area (Å²) in [6, 6.07) is 15.7. The molecule has 1 saturated heterocycles. The molecule has 2 unspecified atom stereocenters. The Labute approximate surface area is 121 Å². The van der Waals surface area contributed by atoms with E-state index in [0.29, 0.717) is 12.0 Å². The van der Waals surface area contributed by atoms with E-state index >= 15 is 0 Å². The van der Waals surface area contributed by atoms with Crippen LogP contribution in [-0.4, -0.2) is 19.8 Å². The van der Waals surface area contributed by atoms with Crippen LogP contribution in [0.2, 0.25) is 0 Å². The largest absolute Gasteiger partial charge is 0.381 e. The first kappa shape index (κ1) is 13.6. The number of rotatable bonds is 4. The zero-order valence-electron chi connectivity index (χ0n) is 12.1. The molecular formula is C18H23NO. The highest BCUT2D eigenvalue weighted by Crippen LogP contribution is 2.21. The topological polar surface area (TPSA) is 21.3 Å². The van der Waals surface area contributed by atoms with Gasteiger partial charge in [-0.1, -0.05) is 36.4 Å². The van der Waals surface area contributed by atoms with Crippen LogP contribution in [0.4, 0.5) is 0 Å². The van der Waals surface area contributed by atoms with Gasteiger partial charge in [0.05, 0.1) is 6.61 Å². The Morgan fingerprint density at radius 3 is 2.85 bits per heavy atom. The zero-order chi connectivity index (χ0) is 13.8. The molecule has 0 aromatic heterocycles. The molecule has 2 heteroatoms. The molecule has 1 fully saturated rings. The molecule has 0 spiro atoms. The molecule has 1 aliphatic heterocycles. The van der Waals surface area contributed by atoms with E-state index < -0.39 is 0 Å². The molecule has 2 aromatic rings. The lowest BCUT2D eigenvalue weighted by Gasteiger charge is -2.24. The molecule has 3 rings (SSSR count). The van der Waals surface area contributed by atoms with Crippen LogP contribution in [-0.2, 0) is 4.74 Å². The van der Waals surface area contributed by atoms with E-state index in [1.54, 1.807) is 0 Å². The predicted octanol–water partition coefficient (Wildman–Crippen LogP) is 3.92. The zero-order valence-corrected chi connectivity index (χ0v) is 12.1. The van der Waals surface area contributed by atoms with Gasteiger partial charge in [-0.25, -0.2) is 0 Å². The molecule has 0 radical (unpaired) electrons. The van der Waals surface area contributed by atoms with Crippen molar-refractivity contribution in [3.8, 4) is 0 Å². The van der Waals surface area contributed by atoms with Gasteiger partial charge in [-0.3, -0.25) is 0 Å². The first-order valence-electron chi connectivity index (χ1n) is 7.63. The van der Waals surface area contributed by atoms with Crippen molar-refractivity contribution in [1.29, 1.82) is 0 Å². The van der Waals surface area contributed by atoms with E-state index in [2.05, 4.69) is 54.7 Å². The molecule has 2 aromatic carbocycles. The highest BCUT2D eigenvalue weighted by Gasteiger charge is 2.15. The van der Waals surface area contributed by atoms with Crippen molar-refractivity contribution in [3.63, 3.8) is 0 Å². The minimum absolute atomic E-state index is 0.390. The van der Waals surface area contributed by atoms with Gasteiger partial charge in [-0.05, 0) is 48.1 Å². The number of hydrogen-bond donors (Lipinski definition) is 1. The van der Waals surface area contributed by atoms with Crippen LogP contribution in [0.25, 0.3) is 10.8 Å². The first-order valence-corrected chi connectivity index (χ1v) is 7.63. The third kappa shape index (κ3) is 3.20. The van der Waals surface area contributed by atoms with Crippen molar-refractivity contribution in [1.82, 2.24) is 5.32 Å². The van der Waals surface area contributed by atoms with Crippen LogP contribution in [0.5, 0.6) is 0 Å². The third-order valence-corrected chi connectivity index (χ3v) is 4.24. The van der Waals surface area contributed by atoms with Crippen LogP contribution < -0.4 is 5.32 Å². The maximum atomic E-state index is 5.54. The minimum atomic E-state index is 0.390. The summed E-state index contributed by atoms with van der Waals surface area (Å²) in [6.45, 7) is 5.15. The van der Waals surface area contributed by atoms with Crippen molar-refractivity contribution in [2.45, 2.75) is 25.8 Å². The Morgan fingerprint density at radius 2 is 2.05 bits per heavy atom. The van der Waals surface area contributed by atoms with Crippen molar-refractivity contribution >= 4 is 10.8 Å². The summed E-state index contributed by atoms with van der Waals surface area (Å²) >= 11 is 0. The Balaban J connectivity index is 1.64. The number of nitrogens with one attached hydrogen (secondary N) is 1. The van der Waals surface area contributed by atoms with E-state index in [1.165, 1.54) is 29.2 Å². The maximum absolute atomic E-state index is 5.54. The smallest absolute Gasteiger partial charge is 0.0506 e. The highest BCUT2D eigenvalue weighted by atomic mass is 16.5. The van der Waals surface area contributed by atoms with Crippen LogP contribution in [0.1, 0.15) is 31.4 Å². The summed E-state index contributed by atoms with van der Waals surface area (Å²) in [6.07, 6.45) is 2.49. The van der Waals surface area contributed by atoms with Gasteiger partial charge < -0.3 is 10.1 Å². The lowest BCUT2D eigenvalue weighted by Crippen LogP contribution is -2.30. The van der Waals surface area contributed by atoms with Crippen molar-refractivity contribution in [3.05, 3.63) is 48.0 Å². The van der Waals surface area contributed by atoms with E-state index in [1.807, 2.05) is 0 Å². The van der Waals surface area contributed by atoms with Crippen LogP contribution in [0.3, 0.4) is 0 Å². The molecule has 0 saturated carbocycles. The fourth-order valence-electron chi connectivity index (χ4n) is 2.91. The van der Waals surface area contributed by atoms with Crippen LogP contribution in [0.15, 0.2) is 42.5 Å². The summed E-state index contributed by atoms with van der Waals surface area (Å²) in [7, 11) is 0. The van der Waals surface area contributed by atoms with Gasteiger partial charge in [0, 0.05) is 19.2 Å². The molecule has 1 N–H and O–H groups in total. The fraction of sp³-hybridized carbons (Fsp3) is 0.444. The second kappa shape index (κ2) is 6.38. The fourth-order valence-corrected chi connectivity index (χ4v) is 2.91. The van der Waals surface area contributed by atoms with Gasteiger partial charge in [-0.2, -0.15) is 0 Å². The lowest BCUT2D eigenvalue weighted by atomic mass is 10.00. The number of fused-ring (bicyclic) bond motifs is 1. The number of ether oxygens (including phenoxy) is 1. The average molecular weight is 269 g/mol. The number of benzene rings is 2. The normalized spacial score (nSPS) is 20.9. The summed E-state index contributed by atoms with van der Waals surface area (Å²) in [4.78, 5) is 0. The molecule has 20 heavy (non-hydrogen) atoms. The molecular weight excluding hydrogens is 246 g/mol. The van der Waals surface area contributed by atoms with Crippen molar-refractivity contribution < 1.29 is 4.74 Å². The third-order valence-electron chi connectivity index (χ3n) is 4.24. The van der Waals surface area contributed by atoms with Gasteiger partial charge in [0.25, 0.3) is 0 Å². The first-order chi connectivity index (χ1) is 9.83. The quantitative estimate of drug-likeness (QED) is 0.908. The Morgan fingerprint density at radius 1 is 1.20 bits per heavy atom. The van der Waals surface area contributed by atoms with Crippen molar-refractivity contribution in [2.75, 3.05) is 19.8 Å². The summed E-state index contributed by atoms with van der Waals surface area (Å²) in [5.41, 5.74) is 1.36. The Bertz CT molecular complexity index is 560. The molecule has 0 bridgehead atoms. The Hall–Kier alpha value is -1.38. The SMILES string of the molecule is CC(NCC1CCCOC1)c1ccc2ccccc2c1. The van der Waals surface area contributed by atoms with Gasteiger partial charge >= 0.3 is 0 Å². The minimum Gasteiger partial charge on any atom is -0.381 e. The van der Waals surface area contributed by atoms with Gasteiger partial charge in [-0.15, -0.1) is 0 Å². The van der Waals surface area contributed by atoms with Gasteiger partial charge in [0.1, 0.15) is 0 Å². The summed E-state index contributed by atoms with van der Waals surface area (Å²) in [5.74, 6) is 0.673. The molecule has 0 amide bonds. The Kier molecular flexibility index (Phi) is 4.34. The molecule has 0 aliphatic carbocycles. The van der Waals surface area contributed by atoms with E-state index in [4.69, 9.17) is 4.74 Å². The van der Waals surface area contributed by atoms with Crippen molar-refractivity contribution in [2.24, 2.45) is 5.92 Å². The second-order valence-electron chi connectivity index (χ2n) is 5.82. The van der Waals surface area contributed by atoms with Crippen LogP contribution >= 0.6 is 0 Å². The molecule has 106 valence electrons. The standard InChI is InChI=1S/C18H23NO/c1-14(19-12-15-5-4-10-20-13-15)17-9-8-16-6-2-3-7-18(16)11-17/h2-3,6-9,11,14-15,19H,4-5,10,12-13H2,1H3. The second-order valence-corrected chi connectivity index (χ2v) is 5.82. The van der Waals surface area contributed by atoms with E-state index in [-0.39, 0.29) is 0 Å². The maximum Gasteiger partial charge on any atom is 0.0506 e. The molecule has 1 heterocycles. The average Bonchev–Trinajstić information content (AvgIpc) is 2.53. The van der Waals surface area contributed by atoms with E-state index in [9.17, 15) is 0 Å².